The average Bonchev–Trinajstić information content (AvgIpc) is 3.14. The number of nitrogens with zero attached hydrogens (tertiary/aromatic N) is 2. The van der Waals surface area contributed by atoms with Crippen molar-refractivity contribution in [3.05, 3.63) is 71.0 Å². The predicted molar refractivity (Wildman–Crippen MR) is 101 cm³/mol. The zero-order chi connectivity index (χ0) is 18.5. The summed E-state index contributed by atoms with van der Waals surface area (Å²) in [5, 5.41) is 2.72. The maximum Gasteiger partial charge on any atom is 0.224 e. The van der Waals surface area contributed by atoms with Gasteiger partial charge >= 0.3 is 0 Å². The van der Waals surface area contributed by atoms with Gasteiger partial charge in [0.15, 0.2) is 0 Å². The van der Waals surface area contributed by atoms with Crippen LogP contribution in [0.1, 0.15) is 12.0 Å². The molecule has 7 heteroatoms. The van der Waals surface area contributed by atoms with E-state index in [9.17, 15) is 9.18 Å². The van der Waals surface area contributed by atoms with E-state index in [-0.39, 0.29) is 5.91 Å². The van der Waals surface area contributed by atoms with Gasteiger partial charge in [-0.05, 0) is 58.2 Å². The lowest BCUT2D eigenvalue weighted by Gasteiger charge is -2.09. The normalized spacial score (nSPS) is 10.6. The number of nitrogens with one attached hydrogen (secondary N) is 1. The SMILES string of the molecule is COc1ccc(CCC(=O)Nc2ccc(-n3ccnc3)c(F)c2)cc1Br. The molecule has 1 N–H and O–H groups in total. The highest BCUT2D eigenvalue weighted by Gasteiger charge is 2.09. The molecule has 0 saturated carbocycles. The van der Waals surface area contributed by atoms with Crippen LogP contribution in [-0.2, 0) is 11.2 Å². The first-order valence-corrected chi connectivity index (χ1v) is 8.76. The van der Waals surface area contributed by atoms with Gasteiger partial charge in [0.25, 0.3) is 0 Å². The quantitative estimate of drug-likeness (QED) is 0.648. The lowest BCUT2D eigenvalue weighted by molar-refractivity contribution is -0.116. The molecule has 0 radical (unpaired) electrons. The van der Waals surface area contributed by atoms with Crippen LogP contribution >= 0.6 is 15.9 Å². The Balaban J connectivity index is 1.60. The number of carbonyl (C=O) groups excluding carboxylic acids is 1. The summed E-state index contributed by atoms with van der Waals surface area (Å²) >= 11 is 3.43. The molecule has 134 valence electrons. The van der Waals surface area contributed by atoms with Crippen LogP contribution in [0.3, 0.4) is 0 Å². The number of methoxy groups -OCH3 is 1. The van der Waals surface area contributed by atoms with E-state index >= 15 is 0 Å². The van der Waals surface area contributed by atoms with Crippen molar-refractivity contribution in [3.8, 4) is 11.4 Å². The van der Waals surface area contributed by atoms with E-state index in [4.69, 9.17) is 4.74 Å². The van der Waals surface area contributed by atoms with Crippen LogP contribution in [-0.4, -0.2) is 22.6 Å². The second-order valence-corrected chi connectivity index (χ2v) is 6.51. The molecule has 0 saturated heterocycles. The van der Waals surface area contributed by atoms with Crippen LogP contribution in [0.5, 0.6) is 5.75 Å². The fourth-order valence-electron chi connectivity index (χ4n) is 2.54. The van der Waals surface area contributed by atoms with E-state index in [0.717, 1.165) is 15.8 Å². The third kappa shape index (κ3) is 4.29. The van der Waals surface area contributed by atoms with Crippen molar-refractivity contribution in [2.24, 2.45) is 0 Å². The Hall–Kier alpha value is -2.67. The number of amides is 1. The van der Waals surface area contributed by atoms with Gasteiger partial charge in [-0.1, -0.05) is 6.07 Å². The Morgan fingerprint density at radius 3 is 2.81 bits per heavy atom. The summed E-state index contributed by atoms with van der Waals surface area (Å²) < 4.78 is 21.8. The highest BCUT2D eigenvalue weighted by molar-refractivity contribution is 9.10. The smallest absolute Gasteiger partial charge is 0.224 e. The molecule has 0 bridgehead atoms. The number of aromatic nitrogens is 2. The molecule has 3 aromatic rings. The number of anilines is 1. The van der Waals surface area contributed by atoms with Crippen LogP contribution in [0, 0.1) is 5.82 Å². The molecule has 2 aromatic carbocycles. The van der Waals surface area contributed by atoms with Gasteiger partial charge in [-0.25, -0.2) is 9.37 Å². The largest absolute Gasteiger partial charge is 0.496 e. The van der Waals surface area contributed by atoms with E-state index in [1.165, 1.54) is 12.4 Å². The van der Waals surface area contributed by atoms with E-state index in [2.05, 4.69) is 26.2 Å². The van der Waals surface area contributed by atoms with Crippen LogP contribution in [0.4, 0.5) is 10.1 Å². The molecular weight excluding hydrogens is 401 g/mol. The molecule has 1 heterocycles. The summed E-state index contributed by atoms with van der Waals surface area (Å²) in [4.78, 5) is 16.0. The van der Waals surface area contributed by atoms with Crippen molar-refractivity contribution >= 4 is 27.5 Å². The van der Waals surface area contributed by atoms with Gasteiger partial charge in [0.05, 0.1) is 23.6 Å². The number of rotatable bonds is 6. The lowest BCUT2D eigenvalue weighted by Crippen LogP contribution is -2.12. The van der Waals surface area contributed by atoms with E-state index in [0.29, 0.717) is 24.2 Å². The maximum atomic E-state index is 14.2. The molecule has 1 aromatic heterocycles. The number of ether oxygens (including phenoxy) is 1. The van der Waals surface area contributed by atoms with Gasteiger partial charge in [0, 0.05) is 24.5 Å². The predicted octanol–water partition coefficient (Wildman–Crippen LogP) is 4.35. The van der Waals surface area contributed by atoms with Gasteiger partial charge in [-0.15, -0.1) is 0 Å². The first-order chi connectivity index (χ1) is 12.6. The molecule has 0 aliphatic carbocycles. The molecule has 0 atom stereocenters. The number of aryl methyl sites for hydroxylation is 1. The number of benzene rings is 2. The summed E-state index contributed by atoms with van der Waals surface area (Å²) in [6.45, 7) is 0. The van der Waals surface area contributed by atoms with Crippen LogP contribution in [0.15, 0.2) is 59.6 Å². The molecule has 5 nitrogen and oxygen atoms in total. The summed E-state index contributed by atoms with van der Waals surface area (Å²) in [5.74, 6) is 0.137. The van der Waals surface area contributed by atoms with E-state index < -0.39 is 5.82 Å². The van der Waals surface area contributed by atoms with E-state index in [1.807, 2.05) is 18.2 Å². The van der Waals surface area contributed by atoms with Crippen molar-refractivity contribution in [2.45, 2.75) is 12.8 Å². The topological polar surface area (TPSA) is 56.1 Å². The third-order valence-corrected chi connectivity index (χ3v) is 4.49. The Bertz CT molecular complexity index is 913. The van der Waals surface area contributed by atoms with Crippen molar-refractivity contribution < 1.29 is 13.9 Å². The van der Waals surface area contributed by atoms with Gasteiger partial charge < -0.3 is 14.6 Å². The highest BCUT2D eigenvalue weighted by atomic mass is 79.9. The number of hydrogen-bond acceptors (Lipinski definition) is 3. The molecule has 0 aliphatic rings. The number of halogens is 2. The second kappa shape index (κ2) is 8.14. The highest BCUT2D eigenvalue weighted by Crippen LogP contribution is 2.26. The zero-order valence-electron chi connectivity index (χ0n) is 14.1. The Morgan fingerprint density at radius 1 is 1.31 bits per heavy atom. The molecular formula is C19H17BrFN3O2. The Morgan fingerprint density at radius 2 is 2.15 bits per heavy atom. The first kappa shape index (κ1) is 18.1. The Labute approximate surface area is 159 Å². The second-order valence-electron chi connectivity index (χ2n) is 5.65. The molecule has 3 rings (SSSR count). The molecule has 0 spiro atoms. The molecule has 1 amide bonds. The fraction of sp³-hybridized carbons (Fsp3) is 0.158. The minimum absolute atomic E-state index is 0.174. The lowest BCUT2D eigenvalue weighted by atomic mass is 10.1. The van der Waals surface area contributed by atoms with Crippen molar-refractivity contribution in [2.75, 3.05) is 12.4 Å². The van der Waals surface area contributed by atoms with Gasteiger partial charge in [-0.2, -0.15) is 0 Å². The van der Waals surface area contributed by atoms with E-state index in [1.54, 1.807) is 36.2 Å². The maximum absolute atomic E-state index is 14.2. The summed E-state index contributed by atoms with van der Waals surface area (Å²) in [7, 11) is 1.60. The summed E-state index contributed by atoms with van der Waals surface area (Å²) in [6.07, 6.45) is 5.62. The first-order valence-electron chi connectivity index (χ1n) is 7.97. The van der Waals surface area contributed by atoms with Gasteiger partial charge in [0.1, 0.15) is 11.6 Å². The minimum Gasteiger partial charge on any atom is -0.496 e. The summed E-state index contributed by atoms with van der Waals surface area (Å²) in [5.41, 5.74) is 1.81. The van der Waals surface area contributed by atoms with Crippen molar-refractivity contribution in [1.82, 2.24) is 9.55 Å². The number of carbonyl (C=O) groups is 1. The molecule has 0 aliphatic heterocycles. The average molecular weight is 418 g/mol. The molecule has 0 fully saturated rings. The Kier molecular flexibility index (Phi) is 5.68. The van der Waals surface area contributed by atoms with Crippen molar-refractivity contribution in [1.29, 1.82) is 0 Å². The standard InChI is InChI=1S/C19H17BrFN3O2/c1-26-18-6-2-13(10-15(18)20)3-7-19(25)23-14-4-5-17(16(21)11-14)24-9-8-22-12-24/h2,4-6,8-12H,3,7H2,1H3,(H,23,25). The fourth-order valence-corrected chi connectivity index (χ4v) is 3.13. The number of hydrogen-bond donors (Lipinski definition) is 1. The van der Waals surface area contributed by atoms with Gasteiger partial charge in [-0.3, -0.25) is 4.79 Å². The zero-order valence-corrected chi connectivity index (χ0v) is 15.7. The molecule has 0 unspecified atom stereocenters. The van der Waals surface area contributed by atoms with Crippen LogP contribution in [0.25, 0.3) is 5.69 Å². The summed E-state index contributed by atoms with van der Waals surface area (Å²) in [6, 6.07) is 10.3. The number of imidazole rings is 1. The van der Waals surface area contributed by atoms with Crippen molar-refractivity contribution in [3.63, 3.8) is 0 Å². The third-order valence-electron chi connectivity index (χ3n) is 3.87. The van der Waals surface area contributed by atoms with Crippen LogP contribution < -0.4 is 10.1 Å². The van der Waals surface area contributed by atoms with Crippen LogP contribution in [0.2, 0.25) is 0 Å². The minimum atomic E-state index is -0.431. The monoisotopic (exact) mass is 417 g/mol. The van der Waals surface area contributed by atoms with Gasteiger partial charge in [0.2, 0.25) is 5.91 Å². The molecule has 26 heavy (non-hydrogen) atoms.